The first kappa shape index (κ1) is 17.5. The number of benzene rings is 1. The fourth-order valence-electron chi connectivity index (χ4n) is 4.00. The SMILES string of the molecule is CC1(C)CCNc2c(S(=O)(=O)N3CCC(Cc4ccccc4)C3)cnn21. The van der Waals surface area contributed by atoms with Crippen LogP contribution in [0.4, 0.5) is 5.82 Å². The van der Waals surface area contributed by atoms with Crippen LogP contribution in [0.25, 0.3) is 0 Å². The van der Waals surface area contributed by atoms with Crippen LogP contribution in [-0.4, -0.2) is 42.1 Å². The highest BCUT2D eigenvalue weighted by Crippen LogP contribution is 2.35. The van der Waals surface area contributed by atoms with Gasteiger partial charge in [0, 0.05) is 19.6 Å². The summed E-state index contributed by atoms with van der Waals surface area (Å²) in [5.74, 6) is 0.996. The average molecular weight is 375 g/mol. The van der Waals surface area contributed by atoms with Gasteiger partial charge in [-0.25, -0.2) is 13.1 Å². The first-order valence-electron chi connectivity index (χ1n) is 9.24. The number of nitrogens with zero attached hydrogens (tertiary/aromatic N) is 3. The normalized spacial score (nSPS) is 22.8. The van der Waals surface area contributed by atoms with Crippen LogP contribution in [0.15, 0.2) is 41.4 Å². The summed E-state index contributed by atoms with van der Waals surface area (Å²) in [6.07, 6.45) is 4.25. The van der Waals surface area contributed by atoms with Crippen LogP contribution >= 0.6 is 0 Å². The molecular weight excluding hydrogens is 348 g/mol. The van der Waals surface area contributed by atoms with Crippen molar-refractivity contribution >= 4 is 15.8 Å². The Bertz CT molecular complexity index is 890. The number of hydrogen-bond donors (Lipinski definition) is 1. The van der Waals surface area contributed by atoms with E-state index >= 15 is 0 Å². The molecule has 1 unspecified atom stereocenters. The molecule has 2 aromatic rings. The second kappa shape index (κ2) is 6.39. The van der Waals surface area contributed by atoms with E-state index in [1.54, 1.807) is 4.31 Å². The highest BCUT2D eigenvalue weighted by Gasteiger charge is 2.38. The molecule has 0 spiro atoms. The highest BCUT2D eigenvalue weighted by molar-refractivity contribution is 7.89. The third kappa shape index (κ3) is 3.03. The van der Waals surface area contributed by atoms with Crippen LogP contribution in [0, 0.1) is 5.92 Å². The second-order valence-corrected chi connectivity index (χ2v) is 9.87. The van der Waals surface area contributed by atoms with Gasteiger partial charge < -0.3 is 5.32 Å². The van der Waals surface area contributed by atoms with Crippen molar-refractivity contribution in [3.05, 3.63) is 42.1 Å². The molecule has 3 heterocycles. The number of aromatic nitrogens is 2. The Labute approximate surface area is 155 Å². The third-order valence-corrected chi connectivity index (χ3v) is 7.44. The zero-order valence-corrected chi connectivity index (χ0v) is 16.2. The summed E-state index contributed by atoms with van der Waals surface area (Å²) in [4.78, 5) is 0.311. The molecule has 2 aliphatic rings. The summed E-state index contributed by atoms with van der Waals surface area (Å²) in [6, 6.07) is 10.3. The topological polar surface area (TPSA) is 67.2 Å². The quantitative estimate of drug-likeness (QED) is 0.893. The maximum absolute atomic E-state index is 13.2. The van der Waals surface area contributed by atoms with Gasteiger partial charge in [-0.2, -0.15) is 9.40 Å². The van der Waals surface area contributed by atoms with Gasteiger partial charge in [0.1, 0.15) is 10.7 Å². The Kier molecular flexibility index (Phi) is 4.31. The zero-order valence-electron chi connectivity index (χ0n) is 15.4. The molecule has 0 bridgehead atoms. The number of hydrogen-bond acceptors (Lipinski definition) is 4. The van der Waals surface area contributed by atoms with Gasteiger partial charge in [0.2, 0.25) is 10.0 Å². The predicted molar refractivity (Wildman–Crippen MR) is 102 cm³/mol. The number of sulfonamides is 1. The minimum absolute atomic E-state index is 0.171. The van der Waals surface area contributed by atoms with Gasteiger partial charge in [0.05, 0.1) is 11.7 Å². The lowest BCUT2D eigenvalue weighted by atomic mass is 9.99. The van der Waals surface area contributed by atoms with Crippen LogP contribution in [0.3, 0.4) is 0 Å². The minimum atomic E-state index is -3.52. The van der Waals surface area contributed by atoms with E-state index in [0.717, 1.165) is 25.8 Å². The summed E-state index contributed by atoms with van der Waals surface area (Å²) in [7, 11) is -3.52. The van der Waals surface area contributed by atoms with Crippen molar-refractivity contribution in [1.29, 1.82) is 0 Å². The van der Waals surface area contributed by atoms with Crippen molar-refractivity contribution < 1.29 is 8.42 Å². The van der Waals surface area contributed by atoms with Gasteiger partial charge in [-0.05, 0) is 44.6 Å². The minimum Gasteiger partial charge on any atom is -0.369 e. The van der Waals surface area contributed by atoms with Crippen LogP contribution < -0.4 is 5.32 Å². The van der Waals surface area contributed by atoms with Crippen molar-refractivity contribution in [2.75, 3.05) is 25.0 Å². The fraction of sp³-hybridized carbons (Fsp3) is 0.526. The van der Waals surface area contributed by atoms with Crippen molar-refractivity contribution in [3.8, 4) is 0 Å². The van der Waals surface area contributed by atoms with E-state index in [9.17, 15) is 8.42 Å². The van der Waals surface area contributed by atoms with Crippen molar-refractivity contribution in [2.24, 2.45) is 5.92 Å². The maximum atomic E-state index is 13.2. The molecule has 0 radical (unpaired) electrons. The average Bonchev–Trinajstić information content (AvgIpc) is 3.24. The summed E-state index contributed by atoms with van der Waals surface area (Å²) in [5, 5.41) is 7.62. The molecule has 0 amide bonds. The molecule has 1 aromatic heterocycles. The largest absolute Gasteiger partial charge is 0.369 e. The third-order valence-electron chi connectivity index (χ3n) is 5.57. The lowest BCUT2D eigenvalue weighted by Gasteiger charge is -2.32. The molecule has 1 saturated heterocycles. The summed E-state index contributed by atoms with van der Waals surface area (Å²) < 4.78 is 29.9. The van der Waals surface area contributed by atoms with E-state index in [-0.39, 0.29) is 5.54 Å². The summed E-state index contributed by atoms with van der Waals surface area (Å²) in [6.45, 7) is 6.09. The number of anilines is 1. The molecule has 0 aliphatic carbocycles. The van der Waals surface area contributed by atoms with Crippen LogP contribution in [-0.2, 0) is 22.0 Å². The van der Waals surface area contributed by atoms with E-state index in [1.165, 1.54) is 11.8 Å². The van der Waals surface area contributed by atoms with E-state index in [2.05, 4.69) is 36.4 Å². The van der Waals surface area contributed by atoms with Crippen LogP contribution in [0.5, 0.6) is 0 Å². The molecule has 1 atom stereocenters. The number of rotatable bonds is 4. The smallest absolute Gasteiger partial charge is 0.248 e. The van der Waals surface area contributed by atoms with Crippen molar-refractivity contribution in [1.82, 2.24) is 14.1 Å². The zero-order chi connectivity index (χ0) is 18.4. The highest BCUT2D eigenvalue weighted by atomic mass is 32.2. The van der Waals surface area contributed by atoms with Gasteiger partial charge >= 0.3 is 0 Å². The Morgan fingerprint density at radius 2 is 2.04 bits per heavy atom. The Morgan fingerprint density at radius 1 is 1.27 bits per heavy atom. The lowest BCUT2D eigenvalue weighted by molar-refractivity contribution is 0.291. The first-order chi connectivity index (χ1) is 12.4. The molecule has 7 heteroatoms. The molecule has 1 aromatic carbocycles. The van der Waals surface area contributed by atoms with Gasteiger partial charge in [0.25, 0.3) is 0 Å². The van der Waals surface area contributed by atoms with Gasteiger partial charge in [-0.1, -0.05) is 30.3 Å². The van der Waals surface area contributed by atoms with Gasteiger partial charge in [-0.15, -0.1) is 0 Å². The van der Waals surface area contributed by atoms with Crippen molar-refractivity contribution in [2.45, 2.75) is 43.5 Å². The van der Waals surface area contributed by atoms with E-state index in [0.29, 0.717) is 29.7 Å². The molecule has 4 rings (SSSR count). The maximum Gasteiger partial charge on any atom is 0.248 e. The first-order valence-corrected chi connectivity index (χ1v) is 10.7. The fourth-order valence-corrected chi connectivity index (χ4v) is 5.62. The van der Waals surface area contributed by atoms with Crippen LogP contribution in [0.1, 0.15) is 32.3 Å². The number of nitrogens with one attached hydrogen (secondary N) is 1. The predicted octanol–water partition coefficient (Wildman–Crippen LogP) is 2.69. The molecule has 26 heavy (non-hydrogen) atoms. The number of fused-ring (bicyclic) bond motifs is 1. The van der Waals surface area contributed by atoms with Gasteiger partial charge in [-0.3, -0.25) is 0 Å². The van der Waals surface area contributed by atoms with E-state index < -0.39 is 10.0 Å². The monoisotopic (exact) mass is 374 g/mol. The lowest BCUT2D eigenvalue weighted by Crippen LogP contribution is -2.37. The Balaban J connectivity index is 1.54. The van der Waals surface area contributed by atoms with Gasteiger partial charge in [0.15, 0.2) is 0 Å². The summed E-state index contributed by atoms with van der Waals surface area (Å²) in [5.41, 5.74) is 1.10. The van der Waals surface area contributed by atoms with E-state index in [1.807, 2.05) is 22.9 Å². The molecule has 2 aliphatic heterocycles. The summed E-state index contributed by atoms with van der Waals surface area (Å²) >= 11 is 0. The Morgan fingerprint density at radius 3 is 2.81 bits per heavy atom. The second-order valence-electron chi connectivity index (χ2n) is 7.97. The standard InChI is InChI=1S/C19H26N4O2S/c1-19(2)9-10-20-18-17(13-21-23(18)19)26(24,25)22-11-8-16(14-22)12-15-6-4-3-5-7-15/h3-7,13,16,20H,8-12,14H2,1-2H3. The molecule has 0 saturated carbocycles. The molecular formula is C19H26N4O2S. The van der Waals surface area contributed by atoms with E-state index in [4.69, 9.17) is 0 Å². The molecule has 140 valence electrons. The molecule has 6 nitrogen and oxygen atoms in total. The molecule has 1 fully saturated rings. The van der Waals surface area contributed by atoms with Crippen LogP contribution in [0.2, 0.25) is 0 Å². The molecule has 1 N–H and O–H groups in total. The van der Waals surface area contributed by atoms with Crippen molar-refractivity contribution in [3.63, 3.8) is 0 Å². The Hall–Kier alpha value is -1.86.